The number of esters is 1. The molecule has 0 spiro atoms. The van der Waals surface area contributed by atoms with Crippen molar-refractivity contribution < 1.29 is 19.1 Å². The number of hydrogen-bond acceptors (Lipinski definition) is 5. The lowest BCUT2D eigenvalue weighted by atomic mass is 10.6. The van der Waals surface area contributed by atoms with E-state index in [0.29, 0.717) is 0 Å². The number of hydrogen-bond donors (Lipinski definition) is 1. The summed E-state index contributed by atoms with van der Waals surface area (Å²) in [7, 11) is 0. The van der Waals surface area contributed by atoms with Gasteiger partial charge in [0.2, 0.25) is 0 Å². The quantitative estimate of drug-likeness (QED) is 0.173. The first-order valence-corrected chi connectivity index (χ1v) is 4.41. The summed E-state index contributed by atoms with van der Waals surface area (Å²) in [5.41, 5.74) is 7.93. The Morgan fingerprint density at radius 1 is 1.44 bits per heavy atom. The molecular formula is C8H12N4O4. The molecule has 0 aliphatic rings. The van der Waals surface area contributed by atoms with Crippen LogP contribution in [0.3, 0.4) is 0 Å². The van der Waals surface area contributed by atoms with Crippen LogP contribution >= 0.6 is 0 Å². The Bertz CT molecular complexity index is 298. The SMILES string of the molecule is C=CC(=O)OCCNC(=O)OCCN=[N+]=[N-]. The van der Waals surface area contributed by atoms with Gasteiger partial charge in [-0.25, -0.2) is 9.59 Å². The van der Waals surface area contributed by atoms with Gasteiger partial charge in [0.25, 0.3) is 0 Å². The summed E-state index contributed by atoms with van der Waals surface area (Å²) in [4.78, 5) is 23.9. The second-order valence-electron chi connectivity index (χ2n) is 2.39. The van der Waals surface area contributed by atoms with E-state index < -0.39 is 12.1 Å². The molecule has 0 aromatic rings. The number of carbonyl (C=O) groups is 2. The van der Waals surface area contributed by atoms with Crippen molar-refractivity contribution in [3.8, 4) is 0 Å². The van der Waals surface area contributed by atoms with Crippen LogP contribution in [0.1, 0.15) is 0 Å². The Balaban J connectivity index is 3.40. The molecule has 8 nitrogen and oxygen atoms in total. The zero-order valence-corrected chi connectivity index (χ0v) is 8.59. The van der Waals surface area contributed by atoms with Crippen LogP contribution in [0.25, 0.3) is 10.4 Å². The number of nitrogens with one attached hydrogen (secondary N) is 1. The summed E-state index contributed by atoms with van der Waals surface area (Å²) in [6.45, 7) is 3.46. The monoisotopic (exact) mass is 228 g/mol. The fourth-order valence-corrected chi connectivity index (χ4v) is 0.639. The van der Waals surface area contributed by atoms with Gasteiger partial charge < -0.3 is 14.8 Å². The van der Waals surface area contributed by atoms with E-state index in [9.17, 15) is 9.59 Å². The van der Waals surface area contributed by atoms with E-state index >= 15 is 0 Å². The number of amides is 1. The predicted molar refractivity (Wildman–Crippen MR) is 54.5 cm³/mol. The van der Waals surface area contributed by atoms with Gasteiger partial charge in [0.05, 0.1) is 19.7 Å². The third-order valence-electron chi connectivity index (χ3n) is 1.27. The maximum absolute atomic E-state index is 10.9. The zero-order chi connectivity index (χ0) is 12.2. The molecule has 0 aromatic carbocycles. The Kier molecular flexibility index (Phi) is 8.06. The maximum atomic E-state index is 10.9. The summed E-state index contributed by atoms with van der Waals surface area (Å²) in [6, 6.07) is 0. The summed E-state index contributed by atoms with van der Waals surface area (Å²) in [5.74, 6) is -0.557. The van der Waals surface area contributed by atoms with Gasteiger partial charge in [-0.3, -0.25) is 0 Å². The number of rotatable bonds is 7. The number of azide groups is 1. The molecule has 0 bridgehead atoms. The summed E-state index contributed by atoms with van der Waals surface area (Å²) < 4.78 is 9.19. The van der Waals surface area contributed by atoms with Crippen LogP contribution in [0.4, 0.5) is 4.79 Å². The first-order valence-electron chi connectivity index (χ1n) is 4.41. The van der Waals surface area contributed by atoms with Gasteiger partial charge in [0.1, 0.15) is 6.61 Å². The van der Waals surface area contributed by atoms with Gasteiger partial charge in [-0.2, -0.15) is 0 Å². The molecule has 16 heavy (non-hydrogen) atoms. The van der Waals surface area contributed by atoms with Gasteiger partial charge in [-0.05, 0) is 5.53 Å². The Morgan fingerprint density at radius 2 is 2.19 bits per heavy atom. The lowest BCUT2D eigenvalue weighted by Crippen LogP contribution is -2.29. The molecule has 1 amide bonds. The summed E-state index contributed by atoms with van der Waals surface area (Å²) in [5, 5.41) is 5.50. The van der Waals surface area contributed by atoms with Crippen molar-refractivity contribution in [1.29, 1.82) is 0 Å². The third-order valence-corrected chi connectivity index (χ3v) is 1.27. The van der Waals surface area contributed by atoms with Crippen LogP contribution in [0.2, 0.25) is 0 Å². The lowest BCUT2D eigenvalue weighted by molar-refractivity contribution is -0.137. The highest BCUT2D eigenvalue weighted by Gasteiger charge is 2.00. The highest BCUT2D eigenvalue weighted by Crippen LogP contribution is 1.81. The standard InChI is InChI=1S/C8H12N4O4/c1-2-7(13)15-5-3-10-8(14)16-6-4-11-12-9/h2H,1,3-6H2,(H,10,14). The Morgan fingerprint density at radius 3 is 2.81 bits per heavy atom. The summed E-state index contributed by atoms with van der Waals surface area (Å²) >= 11 is 0. The number of alkyl carbamates (subject to hydrolysis) is 1. The highest BCUT2D eigenvalue weighted by molar-refractivity contribution is 5.81. The molecule has 0 aromatic heterocycles. The predicted octanol–water partition coefficient (Wildman–Crippen LogP) is 0.752. The van der Waals surface area contributed by atoms with Crippen molar-refractivity contribution in [1.82, 2.24) is 5.32 Å². The molecule has 0 aliphatic carbocycles. The van der Waals surface area contributed by atoms with Crippen LogP contribution < -0.4 is 5.32 Å². The molecule has 0 saturated heterocycles. The molecule has 0 saturated carbocycles. The van der Waals surface area contributed by atoms with Crippen molar-refractivity contribution in [2.75, 3.05) is 26.3 Å². The molecule has 0 aliphatic heterocycles. The van der Waals surface area contributed by atoms with Crippen molar-refractivity contribution in [3.63, 3.8) is 0 Å². The topological polar surface area (TPSA) is 113 Å². The number of ether oxygens (including phenoxy) is 2. The Labute approximate surface area is 91.8 Å². The molecule has 0 rings (SSSR count). The van der Waals surface area contributed by atoms with Crippen molar-refractivity contribution >= 4 is 12.1 Å². The highest BCUT2D eigenvalue weighted by atomic mass is 16.6. The molecule has 0 fully saturated rings. The van der Waals surface area contributed by atoms with E-state index in [0.717, 1.165) is 6.08 Å². The van der Waals surface area contributed by atoms with E-state index in [2.05, 4.69) is 31.4 Å². The van der Waals surface area contributed by atoms with Crippen molar-refractivity contribution in [2.24, 2.45) is 5.11 Å². The van der Waals surface area contributed by atoms with Crippen LogP contribution in [-0.4, -0.2) is 38.4 Å². The fraction of sp³-hybridized carbons (Fsp3) is 0.500. The van der Waals surface area contributed by atoms with E-state index in [1.54, 1.807) is 0 Å². The largest absolute Gasteiger partial charge is 0.461 e. The molecule has 1 N–H and O–H groups in total. The van der Waals surface area contributed by atoms with Crippen LogP contribution in [0.15, 0.2) is 17.8 Å². The molecule has 88 valence electrons. The molecular weight excluding hydrogens is 216 g/mol. The number of nitrogens with zero attached hydrogens (tertiary/aromatic N) is 3. The first kappa shape index (κ1) is 13.8. The van der Waals surface area contributed by atoms with Crippen molar-refractivity contribution in [3.05, 3.63) is 23.1 Å². The minimum Gasteiger partial charge on any atom is -0.461 e. The molecule has 0 radical (unpaired) electrons. The van der Waals surface area contributed by atoms with Gasteiger partial charge in [-0.15, -0.1) is 0 Å². The average molecular weight is 228 g/mol. The van der Waals surface area contributed by atoms with E-state index in [1.165, 1.54) is 0 Å². The molecule has 0 unspecified atom stereocenters. The van der Waals surface area contributed by atoms with Crippen LogP contribution in [0.5, 0.6) is 0 Å². The van der Waals surface area contributed by atoms with Crippen LogP contribution in [0, 0.1) is 0 Å². The first-order chi connectivity index (χ1) is 7.70. The zero-order valence-electron chi connectivity index (χ0n) is 8.59. The van der Waals surface area contributed by atoms with Crippen molar-refractivity contribution in [2.45, 2.75) is 0 Å². The van der Waals surface area contributed by atoms with Crippen LogP contribution in [-0.2, 0) is 14.3 Å². The molecule has 0 atom stereocenters. The minimum atomic E-state index is -0.664. The van der Waals surface area contributed by atoms with E-state index in [1.807, 2.05) is 0 Å². The maximum Gasteiger partial charge on any atom is 0.407 e. The smallest absolute Gasteiger partial charge is 0.407 e. The third kappa shape index (κ3) is 8.39. The van der Waals surface area contributed by atoms with Gasteiger partial charge >= 0.3 is 12.1 Å². The van der Waals surface area contributed by atoms with E-state index in [-0.39, 0.29) is 26.3 Å². The van der Waals surface area contributed by atoms with Gasteiger partial charge in [0.15, 0.2) is 0 Å². The Hall–Kier alpha value is -2.21. The fourth-order valence-electron chi connectivity index (χ4n) is 0.639. The normalized spacial score (nSPS) is 8.50. The van der Waals surface area contributed by atoms with E-state index in [4.69, 9.17) is 5.53 Å². The average Bonchev–Trinajstić information content (AvgIpc) is 2.30. The lowest BCUT2D eigenvalue weighted by Gasteiger charge is -2.05. The molecule has 0 heterocycles. The second-order valence-corrected chi connectivity index (χ2v) is 2.39. The second kappa shape index (κ2) is 9.35. The number of carbonyl (C=O) groups excluding carboxylic acids is 2. The summed E-state index contributed by atoms with van der Waals surface area (Å²) in [6.07, 6.45) is 0.362. The van der Waals surface area contributed by atoms with Gasteiger partial charge in [-0.1, -0.05) is 11.7 Å². The van der Waals surface area contributed by atoms with Gasteiger partial charge in [0, 0.05) is 11.0 Å². The molecule has 8 heteroatoms. The minimum absolute atomic E-state index is 0.00232.